The minimum atomic E-state index is -0.783. The van der Waals surface area contributed by atoms with Crippen LogP contribution in [0.3, 0.4) is 0 Å². The predicted molar refractivity (Wildman–Crippen MR) is 117 cm³/mol. The van der Waals surface area contributed by atoms with Crippen molar-refractivity contribution in [2.45, 2.75) is 20.0 Å². The second-order valence-corrected chi connectivity index (χ2v) is 8.21. The van der Waals surface area contributed by atoms with Gasteiger partial charge in [-0.05, 0) is 37.6 Å². The summed E-state index contributed by atoms with van der Waals surface area (Å²) >= 11 is 1.60. The van der Waals surface area contributed by atoms with E-state index in [1.807, 2.05) is 44.2 Å². The van der Waals surface area contributed by atoms with Crippen molar-refractivity contribution in [3.63, 3.8) is 0 Å². The zero-order valence-corrected chi connectivity index (χ0v) is 17.5. The van der Waals surface area contributed by atoms with Crippen molar-refractivity contribution in [3.05, 3.63) is 51.7 Å². The van der Waals surface area contributed by atoms with E-state index in [2.05, 4.69) is 0 Å². The predicted octanol–water partition coefficient (Wildman–Crippen LogP) is 2.06. The number of ether oxygens (including phenoxy) is 1. The summed E-state index contributed by atoms with van der Waals surface area (Å²) in [6.45, 7) is 4.84. The van der Waals surface area contributed by atoms with Crippen LogP contribution in [0.5, 0.6) is 5.75 Å². The van der Waals surface area contributed by atoms with Crippen LogP contribution in [-0.2, 0) is 0 Å². The van der Waals surface area contributed by atoms with Crippen LogP contribution in [0.2, 0.25) is 0 Å². The molecule has 3 N–H and O–H groups in total. The molecule has 0 aliphatic rings. The molecule has 29 heavy (non-hydrogen) atoms. The van der Waals surface area contributed by atoms with Gasteiger partial charge in [-0.3, -0.25) is 9.69 Å². The standard InChI is InChI=1S/C22H27NO5S/c1-14-11-18(28-13-16(26)12-23(7-9-24)8-10-25)15(2)20-21(27)17-5-3-4-6-19(17)29-22(14)20/h3-6,11,16,24-26H,7-10,12-13H2,1-2H3. The van der Waals surface area contributed by atoms with Gasteiger partial charge in [-0.2, -0.15) is 0 Å². The van der Waals surface area contributed by atoms with Crippen molar-refractivity contribution >= 4 is 31.5 Å². The van der Waals surface area contributed by atoms with Gasteiger partial charge in [0.1, 0.15) is 18.5 Å². The zero-order chi connectivity index (χ0) is 21.0. The number of hydrogen-bond donors (Lipinski definition) is 3. The van der Waals surface area contributed by atoms with Gasteiger partial charge in [0.05, 0.1) is 13.2 Å². The lowest BCUT2D eigenvalue weighted by Gasteiger charge is -2.24. The number of aliphatic hydroxyl groups excluding tert-OH is 3. The van der Waals surface area contributed by atoms with Gasteiger partial charge in [-0.25, -0.2) is 0 Å². The lowest BCUT2D eigenvalue weighted by atomic mass is 10.0. The van der Waals surface area contributed by atoms with Crippen molar-refractivity contribution in [3.8, 4) is 5.75 Å². The fourth-order valence-corrected chi connectivity index (χ4v) is 4.72. The summed E-state index contributed by atoms with van der Waals surface area (Å²) in [7, 11) is 0. The normalized spacial score (nSPS) is 12.8. The van der Waals surface area contributed by atoms with Crippen LogP contribution in [0.15, 0.2) is 35.1 Å². The number of rotatable bonds is 9. The summed E-state index contributed by atoms with van der Waals surface area (Å²) in [5, 5.41) is 29.9. The Balaban J connectivity index is 1.87. The monoisotopic (exact) mass is 417 g/mol. The molecule has 0 fully saturated rings. The van der Waals surface area contributed by atoms with Crippen molar-refractivity contribution in [2.75, 3.05) is 39.5 Å². The molecule has 0 aliphatic heterocycles. The van der Waals surface area contributed by atoms with Crippen molar-refractivity contribution < 1.29 is 20.1 Å². The maximum absolute atomic E-state index is 13.1. The molecule has 0 saturated carbocycles. The average Bonchev–Trinajstić information content (AvgIpc) is 2.70. The van der Waals surface area contributed by atoms with E-state index in [0.29, 0.717) is 29.6 Å². The Morgan fingerprint density at radius 1 is 1.14 bits per heavy atom. The fraction of sp³-hybridized carbons (Fsp3) is 0.409. The first kappa shape index (κ1) is 21.7. The van der Waals surface area contributed by atoms with Crippen LogP contribution in [-0.4, -0.2) is 65.8 Å². The molecule has 1 aromatic heterocycles. The molecular formula is C22H27NO5S. The summed E-state index contributed by atoms with van der Waals surface area (Å²) in [6.07, 6.45) is -0.783. The van der Waals surface area contributed by atoms with Crippen LogP contribution in [0, 0.1) is 13.8 Å². The van der Waals surface area contributed by atoms with E-state index in [-0.39, 0.29) is 31.8 Å². The molecule has 156 valence electrons. The number of aryl methyl sites for hydroxylation is 2. The van der Waals surface area contributed by atoms with E-state index < -0.39 is 6.10 Å². The maximum atomic E-state index is 13.1. The summed E-state index contributed by atoms with van der Waals surface area (Å²) in [5.74, 6) is 0.587. The quantitative estimate of drug-likeness (QED) is 0.462. The molecule has 3 rings (SSSR count). The van der Waals surface area contributed by atoms with Crippen molar-refractivity contribution in [1.29, 1.82) is 0 Å². The van der Waals surface area contributed by atoms with Gasteiger partial charge in [0.15, 0.2) is 5.43 Å². The Morgan fingerprint density at radius 3 is 2.52 bits per heavy atom. The third kappa shape index (κ3) is 4.76. The number of aliphatic hydroxyl groups is 3. The molecule has 1 atom stereocenters. The van der Waals surface area contributed by atoms with E-state index in [9.17, 15) is 9.90 Å². The molecule has 0 aliphatic carbocycles. The van der Waals surface area contributed by atoms with E-state index in [1.54, 1.807) is 16.2 Å². The third-order valence-corrected chi connectivity index (χ3v) is 6.29. The Hall–Kier alpha value is -2.03. The van der Waals surface area contributed by atoms with Gasteiger partial charge in [0.2, 0.25) is 0 Å². The third-order valence-electron chi connectivity index (χ3n) is 4.98. The first-order valence-electron chi connectivity index (χ1n) is 9.67. The highest BCUT2D eigenvalue weighted by atomic mass is 32.1. The fourth-order valence-electron chi connectivity index (χ4n) is 3.52. The molecule has 1 unspecified atom stereocenters. The average molecular weight is 418 g/mol. The van der Waals surface area contributed by atoms with Gasteiger partial charge in [-0.15, -0.1) is 11.3 Å². The molecule has 6 nitrogen and oxygen atoms in total. The van der Waals surface area contributed by atoms with Crippen LogP contribution in [0.25, 0.3) is 20.2 Å². The van der Waals surface area contributed by atoms with Crippen molar-refractivity contribution in [2.24, 2.45) is 0 Å². The molecule has 0 amide bonds. The van der Waals surface area contributed by atoms with E-state index in [0.717, 1.165) is 20.5 Å². The molecule has 2 aromatic carbocycles. The number of benzene rings is 2. The van der Waals surface area contributed by atoms with E-state index in [1.165, 1.54) is 0 Å². The summed E-state index contributed by atoms with van der Waals surface area (Å²) in [6, 6.07) is 9.51. The van der Waals surface area contributed by atoms with Gasteiger partial charge < -0.3 is 20.1 Å². The van der Waals surface area contributed by atoms with Gasteiger partial charge >= 0.3 is 0 Å². The van der Waals surface area contributed by atoms with Crippen LogP contribution >= 0.6 is 11.3 Å². The van der Waals surface area contributed by atoms with Crippen LogP contribution in [0.4, 0.5) is 0 Å². The second-order valence-electron chi connectivity index (χ2n) is 7.16. The molecular weight excluding hydrogens is 390 g/mol. The highest BCUT2D eigenvalue weighted by Crippen LogP contribution is 2.34. The highest BCUT2D eigenvalue weighted by Gasteiger charge is 2.16. The molecule has 7 heteroatoms. The highest BCUT2D eigenvalue weighted by molar-refractivity contribution is 7.24. The molecule has 0 radical (unpaired) electrons. The van der Waals surface area contributed by atoms with Gasteiger partial charge in [-0.1, -0.05) is 12.1 Å². The second kappa shape index (κ2) is 9.65. The molecule has 3 aromatic rings. The summed E-state index contributed by atoms with van der Waals surface area (Å²) in [5.41, 5.74) is 1.73. The smallest absolute Gasteiger partial charge is 0.196 e. The summed E-state index contributed by atoms with van der Waals surface area (Å²) < 4.78 is 7.79. The summed E-state index contributed by atoms with van der Waals surface area (Å²) in [4.78, 5) is 14.9. The Bertz CT molecular complexity index is 1040. The lowest BCUT2D eigenvalue weighted by molar-refractivity contribution is 0.0551. The lowest BCUT2D eigenvalue weighted by Crippen LogP contribution is -2.38. The molecule has 1 heterocycles. The van der Waals surface area contributed by atoms with Crippen LogP contribution < -0.4 is 10.2 Å². The largest absolute Gasteiger partial charge is 0.491 e. The van der Waals surface area contributed by atoms with Crippen LogP contribution in [0.1, 0.15) is 11.1 Å². The maximum Gasteiger partial charge on any atom is 0.196 e. The number of hydrogen-bond acceptors (Lipinski definition) is 7. The molecule has 0 saturated heterocycles. The van der Waals surface area contributed by atoms with E-state index in [4.69, 9.17) is 14.9 Å². The number of nitrogens with zero attached hydrogens (tertiary/aromatic N) is 1. The minimum Gasteiger partial charge on any atom is -0.491 e. The topological polar surface area (TPSA) is 90.2 Å². The molecule has 0 spiro atoms. The Labute approximate surface area is 173 Å². The van der Waals surface area contributed by atoms with Gasteiger partial charge in [0.25, 0.3) is 0 Å². The molecule has 0 bridgehead atoms. The minimum absolute atomic E-state index is 0.00184. The zero-order valence-electron chi connectivity index (χ0n) is 16.7. The van der Waals surface area contributed by atoms with E-state index >= 15 is 0 Å². The van der Waals surface area contributed by atoms with Crippen molar-refractivity contribution in [1.82, 2.24) is 4.90 Å². The van der Waals surface area contributed by atoms with Gasteiger partial charge in [0, 0.05) is 45.4 Å². The first-order valence-corrected chi connectivity index (χ1v) is 10.5. The Morgan fingerprint density at radius 2 is 1.83 bits per heavy atom. The SMILES string of the molecule is Cc1cc(OCC(O)CN(CCO)CCO)c(C)c2c(=O)c3ccccc3sc12. The Kier molecular flexibility index (Phi) is 7.21. The first-order chi connectivity index (χ1) is 14.0. The number of fused-ring (bicyclic) bond motifs is 2.